The molecule has 0 unspecified atom stereocenters. The van der Waals surface area contributed by atoms with Crippen LogP contribution in [0.4, 0.5) is 11.4 Å². The third-order valence-electron chi connectivity index (χ3n) is 3.95. The van der Waals surface area contributed by atoms with E-state index in [1.165, 1.54) is 24.3 Å². The van der Waals surface area contributed by atoms with Gasteiger partial charge in [0.05, 0.1) is 10.5 Å². The predicted molar refractivity (Wildman–Crippen MR) is 101 cm³/mol. The summed E-state index contributed by atoms with van der Waals surface area (Å²) >= 11 is 0. The summed E-state index contributed by atoms with van der Waals surface area (Å²) in [6, 6.07) is 10.6. The standard InChI is InChI=1S/C19H21N3O5/c1-20-16-9-8-13(12-17(16)22(25)26)18(23)14-6-3-4-7-15(14)19(24)21-10-5-11-27-2/h3-4,6-9,12,20H,5,10-11H2,1-2H3,(H,21,24). The van der Waals surface area contributed by atoms with Crippen molar-refractivity contribution in [2.45, 2.75) is 6.42 Å². The normalized spacial score (nSPS) is 10.3. The summed E-state index contributed by atoms with van der Waals surface area (Å²) in [4.78, 5) is 36.0. The van der Waals surface area contributed by atoms with Crippen LogP contribution >= 0.6 is 0 Å². The Bertz CT molecular complexity index is 851. The lowest BCUT2D eigenvalue weighted by molar-refractivity contribution is -0.384. The highest BCUT2D eigenvalue weighted by Crippen LogP contribution is 2.26. The molecule has 0 aliphatic heterocycles. The highest BCUT2D eigenvalue weighted by Gasteiger charge is 2.21. The van der Waals surface area contributed by atoms with Gasteiger partial charge in [0.15, 0.2) is 5.78 Å². The van der Waals surface area contributed by atoms with Gasteiger partial charge < -0.3 is 15.4 Å². The largest absolute Gasteiger partial charge is 0.385 e. The van der Waals surface area contributed by atoms with Crippen molar-refractivity contribution in [2.75, 3.05) is 32.6 Å². The molecule has 1 amide bonds. The van der Waals surface area contributed by atoms with Crippen LogP contribution < -0.4 is 10.6 Å². The molecule has 0 aromatic heterocycles. The van der Waals surface area contributed by atoms with Crippen molar-refractivity contribution in [2.24, 2.45) is 0 Å². The van der Waals surface area contributed by atoms with E-state index in [4.69, 9.17) is 4.74 Å². The summed E-state index contributed by atoms with van der Waals surface area (Å²) in [5.74, 6) is -0.834. The maximum Gasteiger partial charge on any atom is 0.293 e. The molecule has 0 saturated carbocycles. The number of hydrogen-bond acceptors (Lipinski definition) is 6. The molecule has 8 nitrogen and oxygen atoms in total. The minimum atomic E-state index is -0.559. The molecule has 0 aliphatic rings. The SMILES string of the molecule is CNc1ccc(C(=O)c2ccccc2C(=O)NCCCOC)cc1[N+](=O)[O-]. The quantitative estimate of drug-likeness (QED) is 0.303. The second-order valence-corrected chi connectivity index (χ2v) is 5.72. The highest BCUT2D eigenvalue weighted by atomic mass is 16.6. The fourth-order valence-corrected chi connectivity index (χ4v) is 2.58. The average molecular weight is 371 g/mol. The molecule has 0 heterocycles. The van der Waals surface area contributed by atoms with Crippen LogP contribution in [0, 0.1) is 10.1 Å². The van der Waals surface area contributed by atoms with Crippen LogP contribution in [-0.4, -0.2) is 43.9 Å². The Balaban J connectivity index is 2.31. The van der Waals surface area contributed by atoms with Crippen molar-refractivity contribution >= 4 is 23.1 Å². The Kier molecular flexibility index (Phi) is 7.01. The molecule has 0 atom stereocenters. The van der Waals surface area contributed by atoms with Gasteiger partial charge in [0.25, 0.3) is 11.6 Å². The lowest BCUT2D eigenvalue weighted by Gasteiger charge is -2.10. The number of carbonyl (C=O) groups is 2. The number of methoxy groups -OCH3 is 1. The van der Waals surface area contributed by atoms with E-state index in [0.29, 0.717) is 25.3 Å². The summed E-state index contributed by atoms with van der Waals surface area (Å²) in [6.07, 6.45) is 0.649. The molecule has 0 fully saturated rings. The monoisotopic (exact) mass is 371 g/mol. The molecule has 2 aromatic rings. The zero-order valence-electron chi connectivity index (χ0n) is 15.2. The van der Waals surface area contributed by atoms with Crippen LogP contribution in [0.1, 0.15) is 32.7 Å². The molecule has 2 N–H and O–H groups in total. The number of hydrogen-bond donors (Lipinski definition) is 2. The number of nitrogens with zero attached hydrogens (tertiary/aromatic N) is 1. The van der Waals surface area contributed by atoms with Gasteiger partial charge in [-0.3, -0.25) is 19.7 Å². The summed E-state index contributed by atoms with van der Waals surface area (Å²) < 4.78 is 4.93. The van der Waals surface area contributed by atoms with Gasteiger partial charge in [0.2, 0.25) is 0 Å². The zero-order valence-corrected chi connectivity index (χ0v) is 15.2. The van der Waals surface area contributed by atoms with Gasteiger partial charge in [-0.2, -0.15) is 0 Å². The Morgan fingerprint density at radius 1 is 1.15 bits per heavy atom. The second kappa shape index (κ2) is 9.44. The lowest BCUT2D eigenvalue weighted by atomic mass is 9.97. The van der Waals surface area contributed by atoms with Crippen molar-refractivity contribution in [3.8, 4) is 0 Å². The molecule has 0 aliphatic carbocycles. The molecule has 27 heavy (non-hydrogen) atoms. The molecule has 2 rings (SSSR count). The van der Waals surface area contributed by atoms with Gasteiger partial charge in [0.1, 0.15) is 5.69 Å². The topological polar surface area (TPSA) is 111 Å². The Morgan fingerprint density at radius 3 is 2.48 bits per heavy atom. The van der Waals surface area contributed by atoms with Gasteiger partial charge >= 0.3 is 0 Å². The number of nitrogens with one attached hydrogen (secondary N) is 2. The molecule has 2 aromatic carbocycles. The minimum Gasteiger partial charge on any atom is -0.385 e. The van der Waals surface area contributed by atoms with Crippen molar-refractivity contribution in [3.05, 3.63) is 69.3 Å². The predicted octanol–water partition coefficient (Wildman–Crippen LogP) is 2.63. The molecule has 0 bridgehead atoms. The van der Waals surface area contributed by atoms with Crippen molar-refractivity contribution < 1.29 is 19.2 Å². The number of benzene rings is 2. The first-order valence-corrected chi connectivity index (χ1v) is 8.36. The summed E-state index contributed by atoms with van der Waals surface area (Å²) in [7, 11) is 3.14. The zero-order chi connectivity index (χ0) is 19.8. The van der Waals surface area contributed by atoms with Gasteiger partial charge in [-0.05, 0) is 24.6 Å². The smallest absolute Gasteiger partial charge is 0.293 e. The van der Waals surface area contributed by atoms with E-state index in [0.717, 1.165) is 0 Å². The second-order valence-electron chi connectivity index (χ2n) is 5.72. The van der Waals surface area contributed by atoms with Crippen LogP contribution in [0.3, 0.4) is 0 Å². The van der Waals surface area contributed by atoms with Crippen LogP contribution in [-0.2, 0) is 4.74 Å². The molecular formula is C19H21N3O5. The van der Waals surface area contributed by atoms with Crippen LogP contribution in [0.25, 0.3) is 0 Å². The summed E-state index contributed by atoms with van der Waals surface area (Å²) in [6.45, 7) is 0.930. The van der Waals surface area contributed by atoms with Gasteiger partial charge in [-0.1, -0.05) is 18.2 Å². The van der Waals surface area contributed by atoms with Crippen molar-refractivity contribution in [1.82, 2.24) is 5.32 Å². The maximum atomic E-state index is 12.9. The lowest BCUT2D eigenvalue weighted by Crippen LogP contribution is -2.27. The van der Waals surface area contributed by atoms with Crippen LogP contribution in [0.5, 0.6) is 0 Å². The van der Waals surface area contributed by atoms with E-state index in [-0.39, 0.29) is 28.3 Å². The molecule has 0 spiro atoms. The van der Waals surface area contributed by atoms with Gasteiger partial charge in [0, 0.05) is 44.5 Å². The number of nitro groups is 1. The number of nitro benzene ring substituents is 1. The molecule has 8 heteroatoms. The first-order valence-electron chi connectivity index (χ1n) is 8.36. The van der Waals surface area contributed by atoms with Crippen molar-refractivity contribution in [1.29, 1.82) is 0 Å². The van der Waals surface area contributed by atoms with Gasteiger partial charge in [-0.15, -0.1) is 0 Å². The number of ether oxygens (including phenoxy) is 1. The molecular weight excluding hydrogens is 350 g/mol. The molecule has 0 radical (unpaired) electrons. The number of carbonyl (C=O) groups excluding carboxylic acids is 2. The Morgan fingerprint density at radius 2 is 1.85 bits per heavy atom. The fourth-order valence-electron chi connectivity index (χ4n) is 2.58. The van der Waals surface area contributed by atoms with E-state index in [1.54, 1.807) is 32.4 Å². The number of ketones is 1. The minimum absolute atomic E-state index is 0.139. The number of anilines is 1. The van der Waals surface area contributed by atoms with Crippen LogP contribution in [0.2, 0.25) is 0 Å². The first-order chi connectivity index (χ1) is 13.0. The van der Waals surface area contributed by atoms with E-state index in [9.17, 15) is 19.7 Å². The maximum absolute atomic E-state index is 12.9. The molecule has 0 saturated heterocycles. The Hall–Kier alpha value is -3.26. The van der Waals surface area contributed by atoms with E-state index >= 15 is 0 Å². The van der Waals surface area contributed by atoms with Crippen LogP contribution in [0.15, 0.2) is 42.5 Å². The van der Waals surface area contributed by atoms with Crippen molar-refractivity contribution in [3.63, 3.8) is 0 Å². The first kappa shape index (κ1) is 20.1. The summed E-state index contributed by atoms with van der Waals surface area (Å²) in [5, 5.41) is 16.7. The van der Waals surface area contributed by atoms with Gasteiger partial charge in [-0.25, -0.2) is 0 Å². The number of rotatable bonds is 9. The number of amides is 1. The fraction of sp³-hybridized carbons (Fsp3) is 0.263. The third-order valence-corrected chi connectivity index (χ3v) is 3.95. The highest BCUT2D eigenvalue weighted by molar-refractivity contribution is 6.15. The van der Waals surface area contributed by atoms with E-state index in [2.05, 4.69) is 10.6 Å². The summed E-state index contributed by atoms with van der Waals surface area (Å²) in [5.41, 5.74) is 0.652. The molecule has 142 valence electrons. The van der Waals surface area contributed by atoms with E-state index < -0.39 is 10.7 Å². The van der Waals surface area contributed by atoms with E-state index in [1.807, 2.05) is 0 Å². The third kappa shape index (κ3) is 4.89. The average Bonchev–Trinajstić information content (AvgIpc) is 2.70. The Labute approximate surface area is 156 Å².